The summed E-state index contributed by atoms with van der Waals surface area (Å²) in [5.41, 5.74) is 3.24. The Balaban J connectivity index is 2.23. The zero-order valence-electron chi connectivity index (χ0n) is 20.4. The van der Waals surface area contributed by atoms with Crippen LogP contribution in [0.1, 0.15) is 51.1 Å². The van der Waals surface area contributed by atoms with Gasteiger partial charge in [0.1, 0.15) is 23.1 Å². The van der Waals surface area contributed by atoms with Crippen molar-refractivity contribution in [1.29, 1.82) is 0 Å². The summed E-state index contributed by atoms with van der Waals surface area (Å²) in [6, 6.07) is 1.62. The first-order valence-corrected chi connectivity index (χ1v) is 15.3. The lowest BCUT2D eigenvalue weighted by molar-refractivity contribution is -0.119. The Morgan fingerprint density at radius 2 is 1.84 bits per heavy atom. The highest BCUT2D eigenvalue weighted by atomic mass is 31.3. The van der Waals surface area contributed by atoms with Crippen molar-refractivity contribution in [2.24, 2.45) is 10.7 Å². The second-order valence-electron chi connectivity index (χ2n) is 8.69. The van der Waals surface area contributed by atoms with Crippen LogP contribution >= 0.6 is 23.5 Å². The molecular formula is C18H32N3O13P3. The first-order valence-electron chi connectivity index (χ1n) is 10.8. The van der Waals surface area contributed by atoms with Crippen molar-refractivity contribution in [3.05, 3.63) is 35.8 Å². The molecule has 8 N–H and O–H groups in total. The summed E-state index contributed by atoms with van der Waals surface area (Å²) in [5, 5.41) is 21.8. The van der Waals surface area contributed by atoms with Crippen molar-refractivity contribution in [3.63, 3.8) is 0 Å². The van der Waals surface area contributed by atoms with Gasteiger partial charge in [0.05, 0.1) is 6.61 Å². The van der Waals surface area contributed by atoms with Crippen LogP contribution in [0.2, 0.25) is 0 Å². The van der Waals surface area contributed by atoms with Gasteiger partial charge in [-0.25, -0.2) is 18.7 Å². The van der Waals surface area contributed by atoms with Crippen LogP contribution in [0.25, 0.3) is 0 Å². The number of nitrogens with two attached hydrogens (primary N) is 1. The minimum atomic E-state index is -5.73. The molecule has 0 aliphatic carbocycles. The predicted octanol–water partition coefficient (Wildman–Crippen LogP) is 1.56. The number of amidine groups is 1. The van der Waals surface area contributed by atoms with Crippen LogP contribution in [0.3, 0.4) is 0 Å². The quantitative estimate of drug-likeness (QED) is 0.103. The van der Waals surface area contributed by atoms with Crippen molar-refractivity contribution in [1.82, 2.24) is 4.57 Å². The molecule has 2 heterocycles. The van der Waals surface area contributed by atoms with Gasteiger partial charge in [0.15, 0.2) is 6.23 Å². The third kappa shape index (κ3) is 8.13. The van der Waals surface area contributed by atoms with Crippen LogP contribution in [0.15, 0.2) is 29.5 Å². The van der Waals surface area contributed by atoms with Crippen molar-refractivity contribution >= 4 is 29.3 Å². The molecule has 6 atom stereocenters. The molecule has 1 saturated heterocycles. The number of unbranched alkanes of at least 4 members (excludes halogenated alkanes) is 1. The van der Waals surface area contributed by atoms with E-state index in [4.69, 9.17) is 20.3 Å². The Labute approximate surface area is 212 Å². The van der Waals surface area contributed by atoms with E-state index in [9.17, 15) is 33.7 Å². The average molecular weight is 591 g/mol. The van der Waals surface area contributed by atoms with Crippen molar-refractivity contribution in [2.75, 3.05) is 6.61 Å². The number of aliphatic hydroxyl groups is 2. The molecule has 0 saturated carbocycles. The molecule has 1 aliphatic rings. The maximum Gasteiger partial charge on any atom is 0.490 e. The van der Waals surface area contributed by atoms with Gasteiger partial charge in [0, 0.05) is 23.7 Å². The van der Waals surface area contributed by atoms with Crippen LogP contribution < -0.4 is 5.73 Å². The molecular weight excluding hydrogens is 559 g/mol. The van der Waals surface area contributed by atoms with Gasteiger partial charge in [-0.1, -0.05) is 19.4 Å². The van der Waals surface area contributed by atoms with E-state index in [2.05, 4.69) is 18.1 Å². The largest absolute Gasteiger partial charge is 0.490 e. The maximum absolute atomic E-state index is 12.1. The highest BCUT2D eigenvalue weighted by molar-refractivity contribution is 7.66. The van der Waals surface area contributed by atoms with E-state index in [0.717, 1.165) is 12.8 Å². The summed E-state index contributed by atoms with van der Waals surface area (Å²) < 4.78 is 53.6. The second kappa shape index (κ2) is 11.5. The summed E-state index contributed by atoms with van der Waals surface area (Å²) in [7, 11) is -16.8. The van der Waals surface area contributed by atoms with E-state index >= 15 is 0 Å². The van der Waals surface area contributed by atoms with Crippen molar-refractivity contribution in [3.8, 4) is 0 Å². The molecule has 2 rings (SSSR count). The van der Waals surface area contributed by atoms with E-state index in [0.29, 0.717) is 11.3 Å². The number of phosphoric ester groups is 1. The zero-order chi connectivity index (χ0) is 28.4. The molecule has 19 heteroatoms. The van der Waals surface area contributed by atoms with E-state index in [1.165, 1.54) is 24.6 Å². The van der Waals surface area contributed by atoms with Crippen LogP contribution in [-0.4, -0.2) is 64.1 Å². The number of allylic oxidation sites excluding steroid dienone is 1. The molecule has 0 bridgehead atoms. The lowest BCUT2D eigenvalue weighted by atomic mass is 9.89. The third-order valence-corrected chi connectivity index (χ3v) is 9.21. The summed E-state index contributed by atoms with van der Waals surface area (Å²) in [5.74, 6) is 0.192. The summed E-state index contributed by atoms with van der Waals surface area (Å²) >= 11 is 0. The monoisotopic (exact) mass is 591 g/mol. The summed E-state index contributed by atoms with van der Waals surface area (Å²) in [6.07, 6.45) is 3.73. The van der Waals surface area contributed by atoms with Crippen LogP contribution in [0.4, 0.5) is 0 Å². The average Bonchev–Trinajstić information content (AvgIpc) is 3.18. The molecule has 0 amide bonds. The lowest BCUT2D eigenvalue weighted by Gasteiger charge is -2.30. The Hall–Kier alpha value is -1.22. The molecule has 0 radical (unpaired) electrons. The summed E-state index contributed by atoms with van der Waals surface area (Å²) in [6.45, 7) is 5.19. The van der Waals surface area contributed by atoms with Gasteiger partial charge in [-0.3, -0.25) is 4.52 Å². The Bertz CT molecular complexity index is 1180. The fourth-order valence-corrected chi connectivity index (χ4v) is 6.77. The molecule has 1 aromatic heterocycles. The normalized spacial score (nSPS) is 30.5. The van der Waals surface area contributed by atoms with Crippen LogP contribution in [0, 0.1) is 6.92 Å². The minimum absolute atomic E-state index is 0.192. The summed E-state index contributed by atoms with van der Waals surface area (Å²) in [4.78, 5) is 40.4. The van der Waals surface area contributed by atoms with Crippen molar-refractivity contribution in [2.45, 2.75) is 64.1 Å². The standard InChI is InChI=1S/C18H32N3O13P3/c1-5-6-7-9-20-14(19)13-8-10-21(12(13)2)16-18(4,23)15(22)17(3,32-16)11-31-36(27,28)34-37(29,30)33-35(24,25)26/h7-10,15-16,22-23H,5-6,11H2,1-4H3,(H2,19,20)(H,27,28)(H,29,30)(H2,24,25,26)/b9-7+/t15-,16?,17-,18-/m1/s1. The molecule has 3 unspecified atom stereocenters. The van der Waals surface area contributed by atoms with Gasteiger partial charge >= 0.3 is 23.5 Å². The van der Waals surface area contributed by atoms with Gasteiger partial charge in [0.25, 0.3) is 0 Å². The number of aliphatic hydroxyl groups excluding tert-OH is 1. The van der Waals surface area contributed by atoms with E-state index < -0.39 is 53.6 Å². The van der Waals surface area contributed by atoms with Crippen LogP contribution in [0.5, 0.6) is 0 Å². The predicted molar refractivity (Wildman–Crippen MR) is 129 cm³/mol. The van der Waals surface area contributed by atoms with Crippen LogP contribution in [-0.2, 0) is 31.6 Å². The number of hydrogen-bond donors (Lipinski definition) is 7. The van der Waals surface area contributed by atoms with Gasteiger partial charge in [-0.2, -0.15) is 8.62 Å². The molecule has 0 aromatic carbocycles. The minimum Gasteiger partial charge on any atom is -0.387 e. The molecule has 37 heavy (non-hydrogen) atoms. The molecule has 1 aromatic rings. The van der Waals surface area contributed by atoms with Gasteiger partial charge in [-0.15, -0.1) is 0 Å². The number of hydrogen-bond acceptors (Lipinski definition) is 10. The first-order chi connectivity index (χ1) is 16.7. The molecule has 1 aliphatic heterocycles. The number of ether oxygens (including phenoxy) is 1. The highest BCUT2D eigenvalue weighted by Crippen LogP contribution is 2.66. The third-order valence-electron chi connectivity index (χ3n) is 5.42. The molecule has 0 spiro atoms. The smallest absolute Gasteiger partial charge is 0.387 e. The molecule has 16 nitrogen and oxygen atoms in total. The number of rotatable bonds is 12. The lowest BCUT2D eigenvalue weighted by Crippen LogP contribution is -2.49. The highest BCUT2D eigenvalue weighted by Gasteiger charge is 2.60. The molecule has 1 fully saturated rings. The van der Waals surface area contributed by atoms with E-state index in [1.807, 2.05) is 13.0 Å². The topological polar surface area (TPSA) is 253 Å². The zero-order valence-corrected chi connectivity index (χ0v) is 23.1. The van der Waals surface area contributed by atoms with Gasteiger partial charge < -0.3 is 44.8 Å². The Morgan fingerprint density at radius 3 is 2.41 bits per heavy atom. The van der Waals surface area contributed by atoms with E-state index in [-0.39, 0.29) is 5.84 Å². The van der Waals surface area contributed by atoms with Gasteiger partial charge in [-0.05, 0) is 33.3 Å². The Morgan fingerprint density at radius 1 is 1.22 bits per heavy atom. The first kappa shape index (κ1) is 32.0. The SMILES string of the molecule is CCC/C=C/N=C(/N)c1ccn(C2O[C@](C)(COP(=O)(O)OP(=O)(O)OP(=O)(O)O)[C@@H](O)[C@@]2(C)O)c1C. The maximum atomic E-state index is 12.1. The number of nitrogens with zero attached hydrogens (tertiary/aromatic N) is 2. The number of aliphatic imine (C=N–C) groups is 1. The van der Waals surface area contributed by atoms with Crippen molar-refractivity contribution < 1.29 is 61.4 Å². The molecule has 212 valence electrons. The number of phosphoric acid groups is 3. The Kier molecular flexibility index (Phi) is 9.93. The van der Waals surface area contributed by atoms with Gasteiger partial charge in [0.2, 0.25) is 0 Å². The second-order valence-corrected chi connectivity index (χ2v) is 13.1. The fraction of sp³-hybridized carbons (Fsp3) is 0.611. The fourth-order valence-electron chi connectivity index (χ4n) is 3.65. The van der Waals surface area contributed by atoms with E-state index in [1.54, 1.807) is 19.2 Å². The number of aromatic nitrogens is 1.